The van der Waals surface area contributed by atoms with Crippen LogP contribution in [0.4, 0.5) is 0 Å². The summed E-state index contributed by atoms with van der Waals surface area (Å²) < 4.78 is 10.8. The van der Waals surface area contributed by atoms with Crippen LogP contribution in [0.2, 0.25) is 5.02 Å². The number of halogens is 1. The maximum Gasteiger partial charge on any atom is 0.344 e. The van der Waals surface area contributed by atoms with Crippen molar-refractivity contribution in [3.63, 3.8) is 0 Å². The molecule has 0 atom stereocenters. The molecule has 0 radical (unpaired) electrons. The highest BCUT2D eigenvalue weighted by Crippen LogP contribution is 2.31. The van der Waals surface area contributed by atoms with Gasteiger partial charge >= 0.3 is 5.97 Å². The number of rotatable bonds is 5. The predicted molar refractivity (Wildman–Crippen MR) is 95.4 cm³/mol. The summed E-state index contributed by atoms with van der Waals surface area (Å²) >= 11 is 6.16. The van der Waals surface area contributed by atoms with E-state index < -0.39 is 5.97 Å². The third-order valence-electron chi connectivity index (χ3n) is 3.63. The molecule has 3 aromatic rings. The summed E-state index contributed by atoms with van der Waals surface area (Å²) in [4.78, 5) is 11.9. The summed E-state index contributed by atoms with van der Waals surface area (Å²) in [6, 6.07) is 20.0. The van der Waals surface area contributed by atoms with Crippen LogP contribution in [-0.4, -0.2) is 12.6 Å². The first kappa shape index (κ1) is 16.8. The topological polar surface area (TPSA) is 59.3 Å². The lowest BCUT2D eigenvalue weighted by molar-refractivity contribution is -0.147. The van der Waals surface area contributed by atoms with Crippen molar-refractivity contribution in [3.05, 3.63) is 76.8 Å². The molecular weight excluding hydrogens is 338 g/mol. The molecule has 0 unspecified atom stereocenters. The molecule has 3 aromatic carbocycles. The van der Waals surface area contributed by atoms with Gasteiger partial charge in [0.25, 0.3) is 0 Å². The van der Waals surface area contributed by atoms with E-state index in [2.05, 4.69) is 0 Å². The van der Waals surface area contributed by atoms with Gasteiger partial charge in [0.15, 0.2) is 6.61 Å². The third-order valence-corrected chi connectivity index (χ3v) is 3.96. The summed E-state index contributed by atoms with van der Waals surface area (Å²) in [6.45, 7) is -0.108. The lowest BCUT2D eigenvalue weighted by atomic mass is 10.1. The highest BCUT2D eigenvalue weighted by atomic mass is 35.5. The zero-order chi connectivity index (χ0) is 17.6. The van der Waals surface area contributed by atoms with Crippen LogP contribution in [0.5, 0.6) is 5.75 Å². The SMILES string of the molecule is N#Cc1cccc(COC(=O)COc2ccc(Cl)c3ccccc23)c1. The van der Waals surface area contributed by atoms with Crippen LogP contribution < -0.4 is 4.74 Å². The van der Waals surface area contributed by atoms with Gasteiger partial charge in [-0.25, -0.2) is 4.79 Å². The molecule has 4 nitrogen and oxygen atoms in total. The van der Waals surface area contributed by atoms with E-state index in [1.807, 2.05) is 30.3 Å². The Morgan fingerprint density at radius 3 is 2.64 bits per heavy atom. The summed E-state index contributed by atoms with van der Waals surface area (Å²) in [7, 11) is 0. The summed E-state index contributed by atoms with van der Waals surface area (Å²) in [6.07, 6.45) is 0. The lowest BCUT2D eigenvalue weighted by Crippen LogP contribution is -2.15. The molecule has 3 rings (SSSR count). The molecule has 0 saturated carbocycles. The molecule has 0 amide bonds. The van der Waals surface area contributed by atoms with Crippen molar-refractivity contribution in [3.8, 4) is 11.8 Å². The molecule has 0 fully saturated rings. The first-order valence-electron chi connectivity index (χ1n) is 7.62. The molecule has 0 heterocycles. The second-order valence-corrected chi connectivity index (χ2v) is 5.76. The van der Waals surface area contributed by atoms with Gasteiger partial charge in [-0.2, -0.15) is 5.26 Å². The minimum absolute atomic E-state index is 0.0963. The van der Waals surface area contributed by atoms with E-state index in [1.165, 1.54) is 0 Å². The second-order valence-electron chi connectivity index (χ2n) is 5.35. The molecule has 5 heteroatoms. The fourth-order valence-corrected chi connectivity index (χ4v) is 2.66. The third kappa shape index (κ3) is 4.09. The molecule has 25 heavy (non-hydrogen) atoms. The number of nitrogens with zero attached hydrogens (tertiary/aromatic N) is 1. The first-order chi connectivity index (χ1) is 12.2. The highest BCUT2D eigenvalue weighted by molar-refractivity contribution is 6.35. The number of carbonyl (C=O) groups excluding carboxylic acids is 1. The Balaban J connectivity index is 1.61. The Bertz CT molecular complexity index is 963. The molecule has 0 aliphatic rings. The van der Waals surface area contributed by atoms with E-state index in [0.717, 1.165) is 16.3 Å². The number of nitriles is 1. The summed E-state index contributed by atoms with van der Waals surface area (Å²) in [5.41, 5.74) is 1.28. The number of ether oxygens (including phenoxy) is 2. The van der Waals surface area contributed by atoms with Gasteiger partial charge in [0.2, 0.25) is 0 Å². The Hall–Kier alpha value is -3.03. The van der Waals surface area contributed by atoms with Crippen LogP contribution in [0.15, 0.2) is 60.7 Å². The molecule has 0 aliphatic heterocycles. The average Bonchev–Trinajstić information content (AvgIpc) is 2.66. The second kappa shape index (κ2) is 7.69. The molecule has 0 spiro atoms. The molecule has 124 valence electrons. The van der Waals surface area contributed by atoms with E-state index in [-0.39, 0.29) is 13.2 Å². The fraction of sp³-hybridized carbons (Fsp3) is 0.100. The van der Waals surface area contributed by atoms with Crippen LogP contribution in [0, 0.1) is 11.3 Å². The van der Waals surface area contributed by atoms with Gasteiger partial charge in [-0.05, 0) is 29.8 Å². The molecule has 0 saturated heterocycles. The summed E-state index contributed by atoms with van der Waals surface area (Å²) in [5, 5.41) is 11.2. The van der Waals surface area contributed by atoms with Gasteiger partial charge < -0.3 is 9.47 Å². The van der Waals surface area contributed by atoms with Crippen molar-refractivity contribution >= 4 is 28.3 Å². The van der Waals surface area contributed by atoms with Crippen molar-refractivity contribution in [2.45, 2.75) is 6.61 Å². The normalized spacial score (nSPS) is 10.2. The zero-order valence-corrected chi connectivity index (χ0v) is 14.0. The van der Waals surface area contributed by atoms with Gasteiger partial charge in [0, 0.05) is 15.8 Å². The van der Waals surface area contributed by atoms with E-state index in [9.17, 15) is 4.79 Å². The Morgan fingerprint density at radius 2 is 1.84 bits per heavy atom. The number of carbonyl (C=O) groups is 1. The molecule has 0 bridgehead atoms. The maximum absolute atomic E-state index is 11.9. The number of hydrogen-bond donors (Lipinski definition) is 0. The highest BCUT2D eigenvalue weighted by Gasteiger charge is 2.09. The van der Waals surface area contributed by atoms with Crippen molar-refractivity contribution in [2.75, 3.05) is 6.61 Å². The number of fused-ring (bicyclic) bond motifs is 1. The van der Waals surface area contributed by atoms with E-state index >= 15 is 0 Å². The van der Waals surface area contributed by atoms with Crippen molar-refractivity contribution in [2.24, 2.45) is 0 Å². The predicted octanol–water partition coefficient (Wildman–Crippen LogP) is 4.49. The number of benzene rings is 3. The van der Waals surface area contributed by atoms with Gasteiger partial charge in [-0.1, -0.05) is 48.0 Å². The maximum atomic E-state index is 11.9. The smallest absolute Gasteiger partial charge is 0.344 e. The van der Waals surface area contributed by atoms with Crippen LogP contribution in [-0.2, 0) is 16.1 Å². The molecular formula is C20H14ClNO3. The first-order valence-corrected chi connectivity index (χ1v) is 8.00. The Morgan fingerprint density at radius 1 is 1.04 bits per heavy atom. The number of hydrogen-bond acceptors (Lipinski definition) is 4. The molecule has 0 aliphatic carbocycles. The van der Waals surface area contributed by atoms with E-state index in [1.54, 1.807) is 36.4 Å². The minimum Gasteiger partial charge on any atom is -0.481 e. The average molecular weight is 352 g/mol. The Kier molecular flexibility index (Phi) is 5.17. The van der Waals surface area contributed by atoms with Crippen LogP contribution >= 0.6 is 11.6 Å². The van der Waals surface area contributed by atoms with Gasteiger partial charge in [-0.3, -0.25) is 0 Å². The van der Waals surface area contributed by atoms with Crippen molar-refractivity contribution < 1.29 is 14.3 Å². The lowest BCUT2D eigenvalue weighted by Gasteiger charge is -2.10. The van der Waals surface area contributed by atoms with Crippen molar-refractivity contribution in [1.29, 1.82) is 5.26 Å². The van der Waals surface area contributed by atoms with Crippen LogP contribution in [0.25, 0.3) is 10.8 Å². The largest absolute Gasteiger partial charge is 0.481 e. The van der Waals surface area contributed by atoms with Crippen LogP contribution in [0.1, 0.15) is 11.1 Å². The van der Waals surface area contributed by atoms with Gasteiger partial charge in [0.05, 0.1) is 11.6 Å². The number of esters is 1. The minimum atomic E-state index is -0.485. The molecule has 0 N–H and O–H groups in total. The van der Waals surface area contributed by atoms with Crippen LogP contribution in [0.3, 0.4) is 0 Å². The Labute approximate surface area is 150 Å². The molecule has 0 aromatic heterocycles. The zero-order valence-electron chi connectivity index (χ0n) is 13.2. The van der Waals surface area contributed by atoms with Gasteiger partial charge in [0.1, 0.15) is 12.4 Å². The van der Waals surface area contributed by atoms with Gasteiger partial charge in [-0.15, -0.1) is 0 Å². The standard InChI is InChI=1S/C20H14ClNO3/c21-18-8-9-19(17-7-2-1-6-16(17)18)24-13-20(23)25-12-15-5-3-4-14(10-15)11-22/h1-10H,12-13H2. The quantitative estimate of drug-likeness (QED) is 0.635. The van der Waals surface area contributed by atoms with E-state index in [0.29, 0.717) is 16.3 Å². The van der Waals surface area contributed by atoms with Crippen molar-refractivity contribution in [1.82, 2.24) is 0 Å². The van der Waals surface area contributed by atoms with E-state index in [4.69, 9.17) is 26.3 Å². The monoisotopic (exact) mass is 351 g/mol. The fourth-order valence-electron chi connectivity index (χ4n) is 2.43. The summed E-state index contributed by atoms with van der Waals surface area (Å²) in [5.74, 6) is 0.0878.